The third-order valence-corrected chi connectivity index (χ3v) is 2.35. The van der Waals surface area contributed by atoms with E-state index in [1.165, 1.54) is 0 Å². The first-order valence-electron chi connectivity index (χ1n) is 4.68. The average molecular weight is 171 g/mol. The summed E-state index contributed by atoms with van der Waals surface area (Å²) in [7, 11) is 0. The number of hydrogen-bond acceptors (Lipinski definition) is 2. The van der Waals surface area contributed by atoms with Gasteiger partial charge in [0.05, 0.1) is 6.04 Å². The second kappa shape index (κ2) is 3.78. The van der Waals surface area contributed by atoms with Crippen molar-refractivity contribution in [1.82, 2.24) is 4.90 Å². The van der Waals surface area contributed by atoms with Crippen molar-refractivity contribution in [3.8, 4) is 0 Å². The van der Waals surface area contributed by atoms with Crippen LogP contribution in [-0.4, -0.2) is 29.7 Å². The summed E-state index contributed by atoms with van der Waals surface area (Å²) in [6.45, 7) is 6.94. The number of amides is 1. The van der Waals surface area contributed by atoms with Gasteiger partial charge in [0.2, 0.25) is 0 Å². The number of nitrogens with zero attached hydrogens (tertiary/aromatic N) is 1. The van der Waals surface area contributed by atoms with Crippen LogP contribution in [0.4, 0.5) is 4.79 Å². The highest BCUT2D eigenvalue weighted by molar-refractivity contribution is 5.70. The molecule has 0 spiro atoms. The lowest BCUT2D eigenvalue weighted by Crippen LogP contribution is -2.35. The lowest BCUT2D eigenvalue weighted by atomic mass is 10.1. The number of rotatable bonds is 3. The van der Waals surface area contributed by atoms with Crippen LogP contribution in [0.5, 0.6) is 0 Å². The zero-order valence-electron chi connectivity index (χ0n) is 8.04. The van der Waals surface area contributed by atoms with E-state index in [1.54, 1.807) is 0 Å². The van der Waals surface area contributed by atoms with E-state index in [9.17, 15) is 4.79 Å². The fourth-order valence-electron chi connectivity index (χ4n) is 1.74. The van der Waals surface area contributed by atoms with Crippen molar-refractivity contribution in [1.29, 1.82) is 0 Å². The predicted octanol–water partition coefficient (Wildman–Crippen LogP) is 2.02. The minimum absolute atomic E-state index is 0.0639. The maximum atomic E-state index is 11.2. The van der Waals surface area contributed by atoms with Gasteiger partial charge in [0.15, 0.2) is 0 Å². The minimum Gasteiger partial charge on any atom is -0.444 e. The molecule has 12 heavy (non-hydrogen) atoms. The summed E-state index contributed by atoms with van der Waals surface area (Å²) in [5.74, 6) is 0. The molecule has 70 valence electrons. The summed E-state index contributed by atoms with van der Waals surface area (Å²) < 4.78 is 5.12. The molecule has 0 saturated carbocycles. The van der Waals surface area contributed by atoms with Gasteiger partial charge in [-0.1, -0.05) is 13.8 Å². The van der Waals surface area contributed by atoms with Crippen LogP contribution in [0, 0.1) is 0 Å². The molecule has 1 fully saturated rings. The number of ether oxygens (including phenoxy) is 1. The van der Waals surface area contributed by atoms with Gasteiger partial charge in [-0.15, -0.1) is 0 Å². The lowest BCUT2D eigenvalue weighted by molar-refractivity contribution is 0.137. The summed E-state index contributed by atoms with van der Waals surface area (Å²) in [6.07, 6.45) is 1.90. The van der Waals surface area contributed by atoms with E-state index >= 15 is 0 Å². The van der Waals surface area contributed by atoms with Crippen molar-refractivity contribution in [2.75, 3.05) is 6.54 Å². The van der Waals surface area contributed by atoms with Gasteiger partial charge in [0, 0.05) is 6.54 Å². The normalized spacial score (nSPS) is 29.2. The number of hydrogen-bond donors (Lipinski definition) is 0. The Morgan fingerprint density at radius 3 is 2.67 bits per heavy atom. The maximum absolute atomic E-state index is 11.2. The summed E-state index contributed by atoms with van der Waals surface area (Å²) >= 11 is 0. The molecule has 0 aromatic heterocycles. The Balaban J connectivity index is 2.61. The van der Waals surface area contributed by atoms with Crippen LogP contribution in [0.1, 0.15) is 33.6 Å². The zero-order valence-corrected chi connectivity index (χ0v) is 8.04. The Morgan fingerprint density at radius 2 is 2.17 bits per heavy atom. The van der Waals surface area contributed by atoms with Gasteiger partial charge < -0.3 is 9.64 Å². The summed E-state index contributed by atoms with van der Waals surface area (Å²) in [4.78, 5) is 13.1. The van der Waals surface area contributed by atoms with E-state index in [1.807, 2.05) is 11.8 Å². The van der Waals surface area contributed by atoms with E-state index in [2.05, 4.69) is 13.8 Å². The van der Waals surface area contributed by atoms with E-state index in [4.69, 9.17) is 4.74 Å². The highest BCUT2D eigenvalue weighted by atomic mass is 16.6. The third kappa shape index (κ3) is 1.54. The largest absolute Gasteiger partial charge is 0.444 e. The SMILES string of the molecule is CCCN1C(=O)OC(C)C1CC. The lowest BCUT2D eigenvalue weighted by Gasteiger charge is -2.20. The van der Waals surface area contributed by atoms with Crippen molar-refractivity contribution in [2.45, 2.75) is 45.8 Å². The molecule has 2 atom stereocenters. The fraction of sp³-hybridized carbons (Fsp3) is 0.889. The van der Waals surface area contributed by atoms with Crippen molar-refractivity contribution < 1.29 is 9.53 Å². The quantitative estimate of drug-likeness (QED) is 0.650. The molecule has 3 nitrogen and oxygen atoms in total. The van der Waals surface area contributed by atoms with E-state index < -0.39 is 0 Å². The first-order chi connectivity index (χ1) is 5.70. The van der Waals surface area contributed by atoms with Crippen molar-refractivity contribution in [3.05, 3.63) is 0 Å². The molecule has 0 N–H and O–H groups in total. The molecule has 1 saturated heterocycles. The van der Waals surface area contributed by atoms with E-state index in [-0.39, 0.29) is 18.2 Å². The van der Waals surface area contributed by atoms with Crippen LogP contribution in [-0.2, 0) is 4.74 Å². The molecule has 0 aromatic carbocycles. The fourth-order valence-corrected chi connectivity index (χ4v) is 1.74. The molecule has 1 heterocycles. The maximum Gasteiger partial charge on any atom is 0.410 e. The van der Waals surface area contributed by atoms with Crippen LogP contribution < -0.4 is 0 Å². The molecule has 1 rings (SSSR count). The van der Waals surface area contributed by atoms with Crippen molar-refractivity contribution in [3.63, 3.8) is 0 Å². The number of carbonyl (C=O) groups is 1. The molecule has 0 bridgehead atoms. The van der Waals surface area contributed by atoms with Crippen LogP contribution in [0.2, 0.25) is 0 Å². The van der Waals surface area contributed by atoms with Crippen LogP contribution in [0.15, 0.2) is 0 Å². The Bertz CT molecular complexity index is 170. The summed E-state index contributed by atoms with van der Waals surface area (Å²) in [5.41, 5.74) is 0. The number of cyclic esters (lactones) is 1. The van der Waals surface area contributed by atoms with Crippen LogP contribution >= 0.6 is 0 Å². The molecule has 0 aromatic rings. The molecular formula is C9H17NO2. The average Bonchev–Trinajstić information content (AvgIpc) is 2.28. The Hall–Kier alpha value is -0.730. The van der Waals surface area contributed by atoms with E-state index in [0.717, 1.165) is 19.4 Å². The molecular weight excluding hydrogens is 154 g/mol. The van der Waals surface area contributed by atoms with Crippen LogP contribution in [0.3, 0.4) is 0 Å². The van der Waals surface area contributed by atoms with Gasteiger partial charge in [-0.05, 0) is 19.8 Å². The summed E-state index contributed by atoms with van der Waals surface area (Å²) in [6, 6.07) is 0.289. The second-order valence-electron chi connectivity index (χ2n) is 3.26. The highest BCUT2D eigenvalue weighted by Gasteiger charge is 2.36. The monoisotopic (exact) mass is 171 g/mol. The predicted molar refractivity (Wildman–Crippen MR) is 47.0 cm³/mol. The zero-order chi connectivity index (χ0) is 9.14. The van der Waals surface area contributed by atoms with Gasteiger partial charge in [-0.3, -0.25) is 0 Å². The molecule has 3 heteroatoms. The molecule has 0 radical (unpaired) electrons. The molecule has 1 amide bonds. The van der Waals surface area contributed by atoms with Gasteiger partial charge in [-0.25, -0.2) is 4.79 Å². The van der Waals surface area contributed by atoms with Gasteiger partial charge >= 0.3 is 6.09 Å². The topological polar surface area (TPSA) is 29.5 Å². The van der Waals surface area contributed by atoms with Gasteiger partial charge in [0.25, 0.3) is 0 Å². The standard InChI is InChI=1S/C9H17NO2/c1-4-6-10-8(5-2)7(3)12-9(10)11/h7-8H,4-6H2,1-3H3. The van der Waals surface area contributed by atoms with Crippen molar-refractivity contribution >= 4 is 6.09 Å². The molecule has 1 aliphatic heterocycles. The number of carbonyl (C=O) groups excluding carboxylic acids is 1. The van der Waals surface area contributed by atoms with Gasteiger partial charge in [-0.2, -0.15) is 0 Å². The molecule has 0 aliphatic carbocycles. The van der Waals surface area contributed by atoms with Crippen LogP contribution in [0.25, 0.3) is 0 Å². The first-order valence-corrected chi connectivity index (χ1v) is 4.68. The third-order valence-electron chi connectivity index (χ3n) is 2.35. The smallest absolute Gasteiger partial charge is 0.410 e. The first kappa shape index (κ1) is 9.36. The van der Waals surface area contributed by atoms with Gasteiger partial charge in [0.1, 0.15) is 6.10 Å². The van der Waals surface area contributed by atoms with E-state index in [0.29, 0.717) is 0 Å². The Morgan fingerprint density at radius 1 is 1.50 bits per heavy atom. The highest BCUT2D eigenvalue weighted by Crippen LogP contribution is 2.21. The van der Waals surface area contributed by atoms with Crippen molar-refractivity contribution in [2.24, 2.45) is 0 Å². The Labute approximate surface area is 73.7 Å². The minimum atomic E-state index is -0.142. The molecule has 1 aliphatic rings. The Kier molecular flexibility index (Phi) is 2.95. The summed E-state index contributed by atoms with van der Waals surface area (Å²) in [5, 5.41) is 0. The second-order valence-corrected chi connectivity index (χ2v) is 3.26. The molecule has 2 unspecified atom stereocenters.